The quantitative estimate of drug-likeness (QED) is 0.137. The highest BCUT2D eigenvalue weighted by Crippen LogP contribution is 2.59. The molecule has 0 aromatic heterocycles. The second-order valence-corrected chi connectivity index (χ2v) is 13.0. The van der Waals surface area contributed by atoms with Crippen LogP contribution in [0.25, 0.3) is 0 Å². The Morgan fingerprint density at radius 2 is 1.90 bits per heavy atom. The highest BCUT2D eigenvalue weighted by Gasteiger charge is 2.75. The average molecular weight is 667 g/mol. The molecule has 0 unspecified atom stereocenters. The second kappa shape index (κ2) is 16.7. The number of unbranched alkanes of at least 4 members (excludes halogenated alkanes) is 1. The van der Waals surface area contributed by atoms with Gasteiger partial charge in [-0.1, -0.05) is 42.5 Å². The largest absolute Gasteiger partial charge is 0.455 e. The first-order valence-corrected chi connectivity index (χ1v) is 17.3. The summed E-state index contributed by atoms with van der Waals surface area (Å²) in [7, 11) is 0. The molecule has 12 nitrogen and oxygen atoms in total. The molecule has 0 radical (unpaired) electrons. The van der Waals surface area contributed by atoms with Crippen LogP contribution in [-0.2, 0) is 33.4 Å². The highest BCUT2D eigenvalue weighted by molar-refractivity contribution is 5.98. The molecule has 0 saturated carbocycles. The molecular formula is C36H50N4O8. The average Bonchev–Trinajstić information content (AvgIpc) is 3.75. The molecule has 2 bridgehead atoms. The summed E-state index contributed by atoms with van der Waals surface area (Å²) in [5.74, 6) is -3.05. The van der Waals surface area contributed by atoms with Gasteiger partial charge >= 0.3 is 5.97 Å². The molecule has 4 saturated heterocycles. The summed E-state index contributed by atoms with van der Waals surface area (Å²) in [6.07, 6.45) is 4.77. The molecule has 1 spiro atoms. The van der Waals surface area contributed by atoms with Crippen molar-refractivity contribution in [1.82, 2.24) is 20.0 Å². The van der Waals surface area contributed by atoms with E-state index in [0.29, 0.717) is 70.5 Å². The zero-order valence-electron chi connectivity index (χ0n) is 27.8. The van der Waals surface area contributed by atoms with Crippen molar-refractivity contribution in [3.63, 3.8) is 0 Å². The maximum Gasteiger partial charge on any atom is 0.313 e. The maximum absolute atomic E-state index is 14.5. The molecule has 4 aliphatic heterocycles. The minimum Gasteiger partial charge on any atom is -0.455 e. The Morgan fingerprint density at radius 1 is 1.12 bits per heavy atom. The summed E-state index contributed by atoms with van der Waals surface area (Å²) in [5.41, 5.74) is -0.452. The molecule has 2 N–H and O–H groups in total. The number of nitrogens with zero attached hydrogens (tertiary/aromatic N) is 3. The number of carbonyl (C=O) groups excluding carboxylic acids is 4. The number of amides is 3. The zero-order chi connectivity index (χ0) is 34.1. The third-order valence-electron chi connectivity index (χ3n) is 10.1. The summed E-state index contributed by atoms with van der Waals surface area (Å²) in [4.78, 5) is 61.0. The maximum atomic E-state index is 14.5. The van der Waals surface area contributed by atoms with Crippen molar-refractivity contribution < 1.29 is 38.5 Å². The Balaban J connectivity index is 1.38. The lowest BCUT2D eigenvalue weighted by Crippen LogP contribution is -2.57. The predicted octanol–water partition coefficient (Wildman–Crippen LogP) is 1.85. The number of aliphatic hydroxyl groups excluding tert-OH is 1. The molecule has 6 atom stereocenters. The van der Waals surface area contributed by atoms with E-state index in [9.17, 15) is 24.3 Å². The summed E-state index contributed by atoms with van der Waals surface area (Å²) < 4.78 is 18.2. The summed E-state index contributed by atoms with van der Waals surface area (Å²) in [6, 6.07) is 8.28. The van der Waals surface area contributed by atoms with Gasteiger partial charge in [-0.2, -0.15) is 0 Å². The number of fused-ring (bicyclic) bond motifs is 1. The predicted molar refractivity (Wildman–Crippen MR) is 177 cm³/mol. The first-order chi connectivity index (χ1) is 23.3. The fourth-order valence-electron chi connectivity index (χ4n) is 7.68. The highest BCUT2D eigenvalue weighted by atomic mass is 16.6. The topological polar surface area (TPSA) is 138 Å². The van der Waals surface area contributed by atoms with Crippen molar-refractivity contribution in [2.45, 2.75) is 62.4 Å². The van der Waals surface area contributed by atoms with Crippen molar-refractivity contribution in [3.05, 3.63) is 61.2 Å². The van der Waals surface area contributed by atoms with Gasteiger partial charge in [0.15, 0.2) is 0 Å². The third kappa shape index (κ3) is 7.67. The van der Waals surface area contributed by atoms with Gasteiger partial charge in [0.2, 0.25) is 17.7 Å². The number of carbonyl (C=O) groups is 4. The van der Waals surface area contributed by atoms with E-state index in [1.807, 2.05) is 30.3 Å². The van der Waals surface area contributed by atoms with E-state index in [0.717, 1.165) is 13.1 Å². The van der Waals surface area contributed by atoms with Crippen LogP contribution in [0.15, 0.2) is 55.6 Å². The number of benzene rings is 1. The van der Waals surface area contributed by atoms with Gasteiger partial charge in [-0.15, -0.1) is 13.2 Å². The Bertz CT molecular complexity index is 1300. The second-order valence-electron chi connectivity index (χ2n) is 13.0. The van der Waals surface area contributed by atoms with E-state index in [1.54, 1.807) is 22.0 Å². The Labute approximate surface area is 283 Å². The van der Waals surface area contributed by atoms with Gasteiger partial charge in [-0.3, -0.25) is 24.1 Å². The lowest BCUT2D eigenvalue weighted by Gasteiger charge is -2.37. The van der Waals surface area contributed by atoms with Gasteiger partial charge in [0.05, 0.1) is 37.7 Å². The SMILES string of the molecule is C=CCCC(=O)NC[C@H](OC(=O)[C@@H]1[C@H]2C(=O)N(CCCCO)[C@H](C(=O)N(CC=C)CCN3CCOCC3)[C@]23CC[C@H]1O3)c1ccccc1. The monoisotopic (exact) mass is 666 g/mol. The van der Waals surface area contributed by atoms with Crippen LogP contribution < -0.4 is 5.32 Å². The minimum atomic E-state index is -1.17. The van der Waals surface area contributed by atoms with Gasteiger partial charge in [0, 0.05) is 52.3 Å². The van der Waals surface area contributed by atoms with E-state index in [-0.39, 0.29) is 43.8 Å². The van der Waals surface area contributed by atoms with Gasteiger partial charge in [0.1, 0.15) is 17.7 Å². The summed E-state index contributed by atoms with van der Waals surface area (Å²) in [6.45, 7) is 12.1. The molecule has 48 heavy (non-hydrogen) atoms. The summed E-state index contributed by atoms with van der Waals surface area (Å²) >= 11 is 0. The van der Waals surface area contributed by atoms with E-state index >= 15 is 0 Å². The normalized spacial score (nSPS) is 26.9. The van der Waals surface area contributed by atoms with Crippen LogP contribution in [0.5, 0.6) is 0 Å². The van der Waals surface area contributed by atoms with Crippen LogP contribution in [-0.4, -0.2) is 127 Å². The van der Waals surface area contributed by atoms with Crippen LogP contribution in [0.3, 0.4) is 0 Å². The number of rotatable bonds is 18. The molecule has 0 aliphatic carbocycles. The number of morpholine rings is 1. The summed E-state index contributed by atoms with van der Waals surface area (Å²) in [5, 5.41) is 12.3. The number of aliphatic hydroxyl groups is 1. The fraction of sp³-hybridized carbons (Fsp3) is 0.611. The Kier molecular flexibility index (Phi) is 12.4. The van der Waals surface area contributed by atoms with E-state index < -0.39 is 41.7 Å². The number of hydrogen-bond acceptors (Lipinski definition) is 9. The lowest BCUT2D eigenvalue weighted by atomic mass is 9.70. The molecule has 4 heterocycles. The van der Waals surface area contributed by atoms with Crippen molar-refractivity contribution >= 4 is 23.7 Å². The number of allylic oxidation sites excluding steroid dienone is 1. The zero-order valence-corrected chi connectivity index (χ0v) is 27.8. The van der Waals surface area contributed by atoms with Gasteiger partial charge in [0.25, 0.3) is 0 Å². The van der Waals surface area contributed by atoms with Crippen molar-refractivity contribution in [2.24, 2.45) is 11.8 Å². The molecule has 5 rings (SSSR count). The van der Waals surface area contributed by atoms with Gasteiger partial charge < -0.3 is 34.4 Å². The molecule has 1 aromatic rings. The van der Waals surface area contributed by atoms with E-state index in [2.05, 4.69) is 23.4 Å². The number of likely N-dealkylation sites (tertiary alicyclic amines) is 1. The van der Waals surface area contributed by atoms with Crippen molar-refractivity contribution in [1.29, 1.82) is 0 Å². The van der Waals surface area contributed by atoms with Crippen LogP contribution >= 0.6 is 0 Å². The third-order valence-corrected chi connectivity index (χ3v) is 10.1. The molecule has 262 valence electrons. The smallest absolute Gasteiger partial charge is 0.313 e. The fourth-order valence-corrected chi connectivity index (χ4v) is 7.68. The lowest BCUT2D eigenvalue weighted by molar-refractivity contribution is -0.160. The molecule has 12 heteroatoms. The number of nitrogens with one attached hydrogen (secondary N) is 1. The van der Waals surface area contributed by atoms with Gasteiger partial charge in [-0.25, -0.2) is 0 Å². The molecule has 1 aromatic carbocycles. The van der Waals surface area contributed by atoms with Gasteiger partial charge in [-0.05, 0) is 37.7 Å². The van der Waals surface area contributed by atoms with Crippen LogP contribution in [0.1, 0.15) is 50.2 Å². The molecule has 4 aliphatic rings. The first-order valence-electron chi connectivity index (χ1n) is 17.3. The Hall–Kier alpha value is -3.58. The standard InChI is InChI=1S/C36H50N4O8/c1-3-5-13-29(42)37-25-28(26-11-7-6-8-12-26)47-35(45)30-27-14-15-36(48-27)31(30)33(43)40(17-9-10-22-41)32(36)34(44)39(16-4-2)19-18-38-20-23-46-24-21-38/h3-4,6-8,11-12,27-28,30-32,41H,1-2,5,9-10,13-25H2,(H,37,42)/t27-,28+,30+,31+,32-,36+/m1/s1. The van der Waals surface area contributed by atoms with E-state index in [1.165, 1.54) is 0 Å². The minimum absolute atomic E-state index is 0.0319. The van der Waals surface area contributed by atoms with Crippen LogP contribution in [0, 0.1) is 11.8 Å². The first kappa shape index (κ1) is 35.7. The molecular weight excluding hydrogens is 616 g/mol. The van der Waals surface area contributed by atoms with Crippen LogP contribution in [0.4, 0.5) is 0 Å². The number of ether oxygens (including phenoxy) is 3. The number of hydrogen-bond donors (Lipinski definition) is 2. The van der Waals surface area contributed by atoms with E-state index in [4.69, 9.17) is 14.2 Å². The van der Waals surface area contributed by atoms with Crippen LogP contribution in [0.2, 0.25) is 0 Å². The van der Waals surface area contributed by atoms with Crippen molar-refractivity contribution in [3.8, 4) is 0 Å². The Morgan fingerprint density at radius 3 is 2.60 bits per heavy atom. The number of esters is 1. The van der Waals surface area contributed by atoms with Crippen molar-refractivity contribution in [2.75, 3.05) is 65.6 Å². The molecule has 4 fully saturated rings. The molecule has 3 amide bonds.